The Kier molecular flexibility index (Phi) is 3.09. The number of rotatable bonds is 3. The lowest BCUT2D eigenvalue weighted by atomic mass is 10.1. The van der Waals surface area contributed by atoms with Crippen molar-refractivity contribution in [3.63, 3.8) is 0 Å². The van der Waals surface area contributed by atoms with E-state index in [1.807, 2.05) is 0 Å². The van der Waals surface area contributed by atoms with Gasteiger partial charge >= 0.3 is 5.97 Å². The predicted molar refractivity (Wildman–Crippen MR) is 77.6 cm³/mol. The molecule has 0 unspecified atom stereocenters. The molecule has 1 heterocycles. The summed E-state index contributed by atoms with van der Waals surface area (Å²) >= 11 is 0. The van der Waals surface area contributed by atoms with Crippen LogP contribution in [0.3, 0.4) is 0 Å². The van der Waals surface area contributed by atoms with Crippen molar-refractivity contribution in [3.05, 3.63) is 18.2 Å². The lowest BCUT2D eigenvalue weighted by molar-refractivity contribution is -0.140. The van der Waals surface area contributed by atoms with Crippen LogP contribution in [-0.4, -0.2) is 29.5 Å². The van der Waals surface area contributed by atoms with E-state index in [0.717, 1.165) is 0 Å². The summed E-state index contributed by atoms with van der Waals surface area (Å²) in [5.41, 5.74) is 0.418. The number of nitrogens with one attached hydrogen (secondary N) is 2. The molecule has 0 saturated heterocycles. The quantitative estimate of drug-likeness (QED) is 0.781. The summed E-state index contributed by atoms with van der Waals surface area (Å²) in [6, 6.07) is 4.89. The van der Waals surface area contributed by atoms with Crippen LogP contribution in [0.25, 0.3) is 0 Å². The Morgan fingerprint density at radius 1 is 1.36 bits per heavy atom. The average Bonchev–Trinajstić information content (AvgIpc) is 3.01. The van der Waals surface area contributed by atoms with Crippen LogP contribution in [0.1, 0.15) is 13.8 Å². The highest BCUT2D eigenvalue weighted by Crippen LogP contribution is 2.58. The molecule has 1 aliphatic heterocycles. The first-order valence-corrected chi connectivity index (χ1v) is 6.91. The molecule has 116 valence electrons. The molecule has 7 heteroatoms. The molecule has 7 nitrogen and oxygen atoms in total. The maximum Gasteiger partial charge on any atom is 0.307 e. The maximum absolute atomic E-state index is 12.2. The molecule has 1 fully saturated rings. The Hall–Kier alpha value is -2.57. The van der Waals surface area contributed by atoms with Crippen LogP contribution in [0.15, 0.2) is 18.2 Å². The van der Waals surface area contributed by atoms with Crippen molar-refractivity contribution in [3.8, 4) is 5.75 Å². The van der Waals surface area contributed by atoms with E-state index in [2.05, 4.69) is 10.6 Å². The zero-order valence-corrected chi connectivity index (χ0v) is 12.2. The number of aliphatic carboxylic acids is 1. The summed E-state index contributed by atoms with van der Waals surface area (Å²) in [6.45, 7) is 3.49. The second kappa shape index (κ2) is 4.72. The molecule has 1 saturated carbocycles. The smallest absolute Gasteiger partial charge is 0.307 e. The van der Waals surface area contributed by atoms with E-state index in [-0.39, 0.29) is 18.4 Å². The molecule has 3 rings (SSSR count). The van der Waals surface area contributed by atoms with Gasteiger partial charge in [0.05, 0.1) is 17.5 Å². The van der Waals surface area contributed by atoms with Gasteiger partial charge in [-0.15, -0.1) is 0 Å². The van der Waals surface area contributed by atoms with Crippen LogP contribution in [0.4, 0.5) is 11.4 Å². The standard InChI is InChI=1S/C15H16N2O5/c1-15(2)11(12(15)14(20)21)13(19)16-7-3-4-9-8(5-7)17-10(18)6-22-9/h3-5,11-12H,6H2,1-2H3,(H,16,19)(H,17,18)(H,20,21)/t11-,12-/m0/s1. The van der Waals surface area contributed by atoms with Gasteiger partial charge in [-0.3, -0.25) is 14.4 Å². The van der Waals surface area contributed by atoms with Crippen molar-refractivity contribution in [1.29, 1.82) is 0 Å². The molecule has 2 atom stereocenters. The molecular weight excluding hydrogens is 288 g/mol. The van der Waals surface area contributed by atoms with E-state index in [9.17, 15) is 14.4 Å². The summed E-state index contributed by atoms with van der Waals surface area (Å²) in [6.07, 6.45) is 0. The van der Waals surface area contributed by atoms with Gasteiger partial charge in [-0.2, -0.15) is 0 Å². The fraction of sp³-hybridized carbons (Fsp3) is 0.400. The van der Waals surface area contributed by atoms with E-state index in [4.69, 9.17) is 9.84 Å². The predicted octanol–water partition coefficient (Wildman–Crippen LogP) is 1.31. The summed E-state index contributed by atoms with van der Waals surface area (Å²) in [7, 11) is 0. The van der Waals surface area contributed by atoms with Crippen molar-refractivity contribution in [2.75, 3.05) is 17.2 Å². The van der Waals surface area contributed by atoms with Crippen LogP contribution in [0.2, 0.25) is 0 Å². The number of benzene rings is 1. The number of fused-ring (bicyclic) bond motifs is 1. The molecule has 3 N–H and O–H groups in total. The molecule has 22 heavy (non-hydrogen) atoms. The molecule has 1 aliphatic carbocycles. The van der Waals surface area contributed by atoms with Crippen LogP contribution < -0.4 is 15.4 Å². The van der Waals surface area contributed by atoms with Gasteiger partial charge in [-0.1, -0.05) is 13.8 Å². The Morgan fingerprint density at radius 2 is 2.09 bits per heavy atom. The van der Waals surface area contributed by atoms with Gasteiger partial charge in [0.2, 0.25) is 5.91 Å². The zero-order valence-electron chi connectivity index (χ0n) is 12.2. The largest absolute Gasteiger partial charge is 0.482 e. The number of carboxylic acid groups (broad SMARTS) is 1. The number of hydrogen-bond acceptors (Lipinski definition) is 4. The van der Waals surface area contributed by atoms with Gasteiger partial charge in [0.1, 0.15) is 5.75 Å². The fourth-order valence-corrected chi connectivity index (χ4v) is 2.97. The first-order valence-electron chi connectivity index (χ1n) is 6.91. The Labute approximate surface area is 126 Å². The average molecular weight is 304 g/mol. The number of amides is 2. The van der Waals surface area contributed by atoms with Crippen LogP contribution in [0, 0.1) is 17.3 Å². The highest BCUT2D eigenvalue weighted by molar-refractivity contribution is 6.01. The molecule has 2 amide bonds. The number of carboxylic acids is 1. The van der Waals surface area contributed by atoms with E-state index >= 15 is 0 Å². The number of carbonyl (C=O) groups is 3. The highest BCUT2D eigenvalue weighted by Gasteiger charge is 2.65. The van der Waals surface area contributed by atoms with Gasteiger partial charge in [-0.25, -0.2) is 0 Å². The number of anilines is 2. The zero-order chi connectivity index (χ0) is 16.1. The summed E-state index contributed by atoms with van der Waals surface area (Å²) in [5.74, 6) is -2.25. The van der Waals surface area contributed by atoms with Crippen molar-refractivity contribution in [1.82, 2.24) is 0 Å². The molecule has 0 spiro atoms. The lowest BCUT2D eigenvalue weighted by Crippen LogP contribution is -2.25. The molecule has 1 aromatic carbocycles. The third kappa shape index (κ3) is 2.28. The van der Waals surface area contributed by atoms with Crippen molar-refractivity contribution in [2.45, 2.75) is 13.8 Å². The Balaban J connectivity index is 1.74. The van der Waals surface area contributed by atoms with E-state index in [1.54, 1.807) is 32.0 Å². The van der Waals surface area contributed by atoms with E-state index < -0.39 is 23.2 Å². The molecule has 0 aromatic heterocycles. The summed E-state index contributed by atoms with van der Waals surface area (Å²) in [5, 5.41) is 14.5. The van der Waals surface area contributed by atoms with Crippen molar-refractivity contribution in [2.24, 2.45) is 17.3 Å². The van der Waals surface area contributed by atoms with Gasteiger partial charge in [-0.05, 0) is 23.6 Å². The van der Waals surface area contributed by atoms with Crippen LogP contribution in [-0.2, 0) is 14.4 Å². The van der Waals surface area contributed by atoms with Gasteiger partial charge in [0, 0.05) is 5.69 Å². The normalized spacial score (nSPS) is 24.5. The second-order valence-electron chi connectivity index (χ2n) is 6.15. The third-order valence-corrected chi connectivity index (χ3v) is 4.26. The number of carbonyl (C=O) groups excluding carboxylic acids is 2. The second-order valence-corrected chi connectivity index (χ2v) is 6.15. The van der Waals surface area contributed by atoms with Crippen molar-refractivity contribution >= 4 is 29.2 Å². The molecule has 0 bridgehead atoms. The molecule has 1 aromatic rings. The van der Waals surface area contributed by atoms with Gasteiger partial charge < -0.3 is 20.5 Å². The number of ether oxygens (including phenoxy) is 1. The first-order chi connectivity index (χ1) is 10.3. The van der Waals surface area contributed by atoms with E-state index in [1.165, 1.54) is 0 Å². The molecule has 2 aliphatic rings. The Morgan fingerprint density at radius 3 is 2.73 bits per heavy atom. The maximum atomic E-state index is 12.2. The third-order valence-electron chi connectivity index (χ3n) is 4.26. The molecular formula is C15H16N2O5. The van der Waals surface area contributed by atoms with Crippen molar-refractivity contribution < 1.29 is 24.2 Å². The summed E-state index contributed by atoms with van der Waals surface area (Å²) in [4.78, 5) is 34.7. The fourth-order valence-electron chi connectivity index (χ4n) is 2.97. The lowest BCUT2D eigenvalue weighted by Gasteiger charge is -2.18. The SMILES string of the molecule is CC1(C)[C@H](C(=O)O)[C@H]1C(=O)Nc1ccc2c(c1)NC(=O)CO2. The monoisotopic (exact) mass is 304 g/mol. The van der Waals surface area contributed by atoms with E-state index in [0.29, 0.717) is 17.1 Å². The highest BCUT2D eigenvalue weighted by atomic mass is 16.5. The van der Waals surface area contributed by atoms with Crippen LogP contribution >= 0.6 is 0 Å². The molecule has 0 radical (unpaired) electrons. The first kappa shape index (κ1) is 14.4. The topological polar surface area (TPSA) is 105 Å². The van der Waals surface area contributed by atoms with Crippen LogP contribution in [0.5, 0.6) is 5.75 Å². The minimum atomic E-state index is -0.962. The minimum absolute atomic E-state index is 0.0325. The number of hydrogen-bond donors (Lipinski definition) is 3. The minimum Gasteiger partial charge on any atom is -0.482 e. The summed E-state index contributed by atoms with van der Waals surface area (Å²) < 4.78 is 5.23. The Bertz CT molecular complexity index is 683. The van der Waals surface area contributed by atoms with Gasteiger partial charge in [0.15, 0.2) is 6.61 Å². The van der Waals surface area contributed by atoms with Gasteiger partial charge in [0.25, 0.3) is 5.91 Å².